The molecule has 2 aliphatic rings. The summed E-state index contributed by atoms with van der Waals surface area (Å²) in [6, 6.07) is 10.4. The minimum atomic E-state index is 0.206. The number of hydrogen-bond donors (Lipinski definition) is 1. The highest BCUT2D eigenvalue weighted by atomic mass is 79.9. The van der Waals surface area contributed by atoms with E-state index >= 15 is 0 Å². The van der Waals surface area contributed by atoms with Crippen LogP contribution in [0.2, 0.25) is 0 Å². The Hall–Kier alpha value is -0.830. The van der Waals surface area contributed by atoms with E-state index in [1.165, 1.54) is 24.8 Å². The van der Waals surface area contributed by atoms with E-state index in [2.05, 4.69) is 45.5 Å². The third-order valence-corrected chi connectivity index (χ3v) is 5.67. The van der Waals surface area contributed by atoms with Gasteiger partial charge in [-0.3, -0.25) is 4.79 Å². The summed E-state index contributed by atoms with van der Waals surface area (Å²) in [6.07, 6.45) is 4.78. The summed E-state index contributed by atoms with van der Waals surface area (Å²) < 4.78 is 0. The molecule has 3 heteroatoms. The van der Waals surface area contributed by atoms with Crippen molar-refractivity contribution in [2.75, 3.05) is 6.54 Å². The Balaban J connectivity index is 1.48. The first-order valence-corrected chi connectivity index (χ1v) is 8.14. The molecule has 1 aromatic carbocycles. The van der Waals surface area contributed by atoms with Gasteiger partial charge in [0.15, 0.2) is 0 Å². The fraction of sp³-hybridized carbons (Fsp3) is 0.562. The fourth-order valence-corrected chi connectivity index (χ4v) is 3.91. The average Bonchev–Trinajstić information content (AvgIpc) is 3.14. The van der Waals surface area contributed by atoms with E-state index in [0.717, 1.165) is 13.0 Å². The number of carbonyl (C=O) groups excluding carboxylic acids is 1. The summed E-state index contributed by atoms with van der Waals surface area (Å²) in [5.74, 6) is 1.53. The Morgan fingerprint density at radius 2 is 2.05 bits per heavy atom. The Morgan fingerprint density at radius 1 is 1.26 bits per heavy atom. The molecule has 0 saturated heterocycles. The first-order chi connectivity index (χ1) is 9.25. The maximum Gasteiger partial charge on any atom is 0.223 e. The van der Waals surface area contributed by atoms with E-state index < -0.39 is 0 Å². The Labute approximate surface area is 123 Å². The summed E-state index contributed by atoms with van der Waals surface area (Å²) in [4.78, 5) is 12.7. The number of halogens is 1. The van der Waals surface area contributed by atoms with Crippen molar-refractivity contribution in [1.29, 1.82) is 0 Å². The van der Waals surface area contributed by atoms with Crippen molar-refractivity contribution in [2.45, 2.75) is 36.4 Å². The predicted molar refractivity (Wildman–Crippen MR) is 80.4 cm³/mol. The molecule has 0 spiro atoms. The standard InChI is InChI=1S/C16H20BrNO/c17-15-8-4-7-12(15)10-18-16(19)14-9-13(14)11-5-2-1-3-6-11/h1-3,5-6,12-15H,4,7-10H2,(H,18,19). The van der Waals surface area contributed by atoms with Crippen LogP contribution in [0.15, 0.2) is 30.3 Å². The van der Waals surface area contributed by atoms with Crippen molar-refractivity contribution in [3.8, 4) is 0 Å². The lowest BCUT2D eigenvalue weighted by atomic mass is 10.1. The number of hydrogen-bond acceptors (Lipinski definition) is 1. The van der Waals surface area contributed by atoms with E-state index in [4.69, 9.17) is 0 Å². The number of benzene rings is 1. The molecule has 0 radical (unpaired) electrons. The summed E-state index contributed by atoms with van der Waals surface area (Å²) in [5, 5.41) is 3.15. The first-order valence-electron chi connectivity index (χ1n) is 7.22. The maximum atomic E-state index is 12.1. The van der Waals surface area contributed by atoms with Gasteiger partial charge in [0.1, 0.15) is 0 Å². The predicted octanol–water partition coefficient (Wildman–Crippen LogP) is 3.47. The van der Waals surface area contributed by atoms with Crippen LogP contribution in [0.5, 0.6) is 0 Å². The zero-order chi connectivity index (χ0) is 13.2. The van der Waals surface area contributed by atoms with Gasteiger partial charge in [-0.15, -0.1) is 0 Å². The number of carbonyl (C=O) groups is 1. The van der Waals surface area contributed by atoms with Gasteiger partial charge in [0.25, 0.3) is 0 Å². The van der Waals surface area contributed by atoms with E-state index in [0.29, 0.717) is 16.7 Å². The fourth-order valence-electron chi connectivity index (χ4n) is 3.14. The Kier molecular flexibility index (Phi) is 3.92. The molecule has 19 heavy (non-hydrogen) atoms. The van der Waals surface area contributed by atoms with Crippen molar-refractivity contribution < 1.29 is 4.79 Å². The van der Waals surface area contributed by atoms with Crippen LogP contribution in [-0.2, 0) is 4.79 Å². The van der Waals surface area contributed by atoms with Crippen molar-refractivity contribution in [3.05, 3.63) is 35.9 Å². The van der Waals surface area contributed by atoms with Gasteiger partial charge in [-0.2, -0.15) is 0 Å². The van der Waals surface area contributed by atoms with Gasteiger partial charge in [-0.1, -0.05) is 52.7 Å². The van der Waals surface area contributed by atoms with Gasteiger partial charge in [-0.05, 0) is 36.7 Å². The summed E-state index contributed by atoms with van der Waals surface area (Å²) in [6.45, 7) is 0.840. The molecule has 4 unspecified atom stereocenters. The van der Waals surface area contributed by atoms with Crippen LogP contribution < -0.4 is 5.32 Å². The highest BCUT2D eigenvalue weighted by Crippen LogP contribution is 2.47. The zero-order valence-corrected chi connectivity index (χ0v) is 12.6. The van der Waals surface area contributed by atoms with E-state index in [1.807, 2.05) is 6.07 Å². The van der Waals surface area contributed by atoms with Gasteiger partial charge in [0, 0.05) is 17.3 Å². The van der Waals surface area contributed by atoms with Crippen LogP contribution in [0.1, 0.15) is 37.2 Å². The molecule has 0 heterocycles. The molecule has 0 bridgehead atoms. The molecule has 102 valence electrons. The Bertz CT molecular complexity index is 447. The topological polar surface area (TPSA) is 29.1 Å². The van der Waals surface area contributed by atoms with Crippen LogP contribution in [0, 0.1) is 11.8 Å². The molecule has 3 rings (SSSR count). The molecule has 1 N–H and O–H groups in total. The molecular weight excluding hydrogens is 302 g/mol. The van der Waals surface area contributed by atoms with Crippen molar-refractivity contribution >= 4 is 21.8 Å². The third kappa shape index (κ3) is 3.02. The van der Waals surface area contributed by atoms with Gasteiger partial charge >= 0.3 is 0 Å². The lowest BCUT2D eigenvalue weighted by Crippen LogP contribution is -2.32. The van der Waals surface area contributed by atoms with E-state index in [9.17, 15) is 4.79 Å². The van der Waals surface area contributed by atoms with Gasteiger partial charge in [-0.25, -0.2) is 0 Å². The second-order valence-electron chi connectivity index (χ2n) is 5.81. The number of amides is 1. The molecule has 2 saturated carbocycles. The van der Waals surface area contributed by atoms with Crippen molar-refractivity contribution in [3.63, 3.8) is 0 Å². The molecule has 1 aromatic rings. The second-order valence-corrected chi connectivity index (χ2v) is 6.99. The molecule has 4 atom stereocenters. The van der Waals surface area contributed by atoms with E-state index in [-0.39, 0.29) is 11.8 Å². The van der Waals surface area contributed by atoms with Crippen molar-refractivity contribution in [2.24, 2.45) is 11.8 Å². The SMILES string of the molecule is O=C(NCC1CCCC1Br)C1CC1c1ccccc1. The van der Waals surface area contributed by atoms with Crippen molar-refractivity contribution in [1.82, 2.24) is 5.32 Å². The normalized spacial score (nSPS) is 33.1. The minimum Gasteiger partial charge on any atom is -0.356 e. The van der Waals surface area contributed by atoms with Gasteiger partial charge < -0.3 is 5.32 Å². The third-order valence-electron chi connectivity index (χ3n) is 4.46. The number of rotatable bonds is 4. The van der Waals surface area contributed by atoms with E-state index in [1.54, 1.807) is 0 Å². The lowest BCUT2D eigenvalue weighted by molar-refractivity contribution is -0.122. The summed E-state index contributed by atoms with van der Waals surface area (Å²) in [5.41, 5.74) is 1.31. The zero-order valence-electron chi connectivity index (χ0n) is 11.0. The van der Waals surface area contributed by atoms with Crippen LogP contribution >= 0.6 is 15.9 Å². The second kappa shape index (κ2) is 5.66. The van der Waals surface area contributed by atoms with Crippen LogP contribution in [0.3, 0.4) is 0 Å². The maximum absolute atomic E-state index is 12.1. The van der Waals surface area contributed by atoms with Gasteiger partial charge in [0.2, 0.25) is 5.91 Å². The van der Waals surface area contributed by atoms with Gasteiger partial charge in [0.05, 0.1) is 0 Å². The molecule has 1 amide bonds. The number of nitrogens with one attached hydrogen (secondary N) is 1. The molecule has 0 aliphatic heterocycles. The molecule has 2 fully saturated rings. The smallest absolute Gasteiger partial charge is 0.223 e. The quantitative estimate of drug-likeness (QED) is 0.845. The highest BCUT2D eigenvalue weighted by molar-refractivity contribution is 9.09. The number of alkyl halides is 1. The van der Waals surface area contributed by atoms with Crippen LogP contribution in [-0.4, -0.2) is 17.3 Å². The molecule has 2 nitrogen and oxygen atoms in total. The summed E-state index contributed by atoms with van der Waals surface area (Å²) in [7, 11) is 0. The Morgan fingerprint density at radius 3 is 2.74 bits per heavy atom. The molecule has 0 aromatic heterocycles. The van der Waals surface area contributed by atoms with Crippen LogP contribution in [0.4, 0.5) is 0 Å². The average molecular weight is 322 g/mol. The van der Waals surface area contributed by atoms with Crippen LogP contribution in [0.25, 0.3) is 0 Å². The first kappa shape index (κ1) is 13.2. The molecular formula is C16H20BrNO. The minimum absolute atomic E-state index is 0.206. The largest absolute Gasteiger partial charge is 0.356 e. The molecule has 2 aliphatic carbocycles. The highest BCUT2D eigenvalue weighted by Gasteiger charge is 2.43. The summed E-state index contributed by atoms with van der Waals surface area (Å²) >= 11 is 3.70. The monoisotopic (exact) mass is 321 g/mol. The lowest BCUT2D eigenvalue weighted by Gasteiger charge is -2.14.